The van der Waals surface area contributed by atoms with Gasteiger partial charge in [-0.2, -0.15) is 0 Å². The van der Waals surface area contributed by atoms with Crippen molar-refractivity contribution in [1.82, 2.24) is 0 Å². The van der Waals surface area contributed by atoms with E-state index in [1.807, 2.05) is 6.92 Å². The molecule has 0 spiro atoms. The fourth-order valence-corrected chi connectivity index (χ4v) is 6.02. The first kappa shape index (κ1) is 19.8. The van der Waals surface area contributed by atoms with Gasteiger partial charge in [-0.05, 0) is 80.1 Å². The average Bonchev–Trinajstić information content (AvgIpc) is 2.93. The van der Waals surface area contributed by atoms with E-state index in [4.69, 9.17) is 0 Å². The molecule has 3 saturated carbocycles. The Hall–Kier alpha value is -0.960. The number of fused-ring (bicyclic) bond motifs is 1. The van der Waals surface area contributed by atoms with Gasteiger partial charge in [0.15, 0.2) is 0 Å². The van der Waals surface area contributed by atoms with Crippen LogP contribution in [0.4, 0.5) is 8.78 Å². The summed E-state index contributed by atoms with van der Waals surface area (Å²) < 4.78 is 25.8. The van der Waals surface area contributed by atoms with E-state index < -0.39 is 12.5 Å². The molecule has 0 aromatic carbocycles. The molecule has 146 valence electrons. The van der Waals surface area contributed by atoms with Gasteiger partial charge in [-0.1, -0.05) is 43.7 Å². The second kappa shape index (κ2) is 7.96. The van der Waals surface area contributed by atoms with Gasteiger partial charge in [-0.25, -0.2) is 8.78 Å². The second-order valence-electron chi connectivity index (χ2n) is 9.14. The highest BCUT2D eigenvalue weighted by Crippen LogP contribution is 2.59. The van der Waals surface area contributed by atoms with Crippen molar-refractivity contribution in [1.29, 1.82) is 0 Å². The highest BCUT2D eigenvalue weighted by molar-refractivity contribution is 5.28. The van der Waals surface area contributed by atoms with E-state index in [1.165, 1.54) is 24.0 Å². The first-order valence-electron chi connectivity index (χ1n) is 10.3. The largest absolute Gasteiger partial charge is 0.388 e. The quantitative estimate of drug-likeness (QED) is 0.569. The number of aliphatic hydroxyl groups excluding tert-OH is 1. The summed E-state index contributed by atoms with van der Waals surface area (Å²) in [6.45, 7) is 8.31. The zero-order chi connectivity index (χ0) is 18.9. The molecule has 0 radical (unpaired) electrons. The predicted molar refractivity (Wildman–Crippen MR) is 103 cm³/mol. The third-order valence-corrected chi connectivity index (χ3v) is 7.50. The molecule has 26 heavy (non-hydrogen) atoms. The molecule has 1 N–H and O–H groups in total. The summed E-state index contributed by atoms with van der Waals surface area (Å²) in [5.41, 5.74) is 3.95. The van der Waals surface area contributed by atoms with Crippen LogP contribution in [0.2, 0.25) is 0 Å². The topological polar surface area (TPSA) is 20.2 Å². The van der Waals surface area contributed by atoms with E-state index in [0.717, 1.165) is 37.7 Å². The van der Waals surface area contributed by atoms with Crippen molar-refractivity contribution in [3.63, 3.8) is 0 Å². The van der Waals surface area contributed by atoms with Crippen molar-refractivity contribution in [3.05, 3.63) is 35.5 Å². The fraction of sp³-hybridized carbons (Fsp3) is 0.739. The predicted octanol–water partition coefficient (Wildman–Crippen LogP) is 6.45. The van der Waals surface area contributed by atoms with E-state index in [9.17, 15) is 13.9 Å². The zero-order valence-electron chi connectivity index (χ0n) is 16.3. The molecule has 3 rings (SSSR count). The lowest BCUT2D eigenvalue weighted by Gasteiger charge is -2.44. The molecule has 0 heterocycles. The second-order valence-corrected chi connectivity index (χ2v) is 9.14. The molecule has 0 aromatic heterocycles. The molecule has 1 nitrogen and oxygen atoms in total. The molecule has 0 bridgehead atoms. The number of allylic oxidation sites excluding steroid dienone is 3. The summed E-state index contributed by atoms with van der Waals surface area (Å²) in [7, 11) is 0. The fourth-order valence-electron chi connectivity index (χ4n) is 6.02. The van der Waals surface area contributed by atoms with Crippen LogP contribution in [-0.2, 0) is 0 Å². The third kappa shape index (κ3) is 3.98. The van der Waals surface area contributed by atoms with Gasteiger partial charge in [-0.3, -0.25) is 0 Å². The average molecular weight is 365 g/mol. The Labute approximate surface area is 157 Å². The SMILES string of the molecule is C=C1CC/C(=C/C=C2\CCC[C@@]3(C)C2CCC3[C@@H](C)CC(F)F)C[C@H]1O. The highest BCUT2D eigenvalue weighted by atomic mass is 19.3. The van der Waals surface area contributed by atoms with Gasteiger partial charge in [0.05, 0.1) is 6.10 Å². The molecular weight excluding hydrogens is 330 g/mol. The number of alkyl halides is 2. The summed E-state index contributed by atoms with van der Waals surface area (Å²) in [4.78, 5) is 0. The first-order valence-corrected chi connectivity index (χ1v) is 10.3. The van der Waals surface area contributed by atoms with Crippen LogP contribution in [0.5, 0.6) is 0 Å². The molecular formula is C23H34F2O. The Kier molecular flexibility index (Phi) is 6.06. The van der Waals surface area contributed by atoms with Crippen molar-refractivity contribution in [2.24, 2.45) is 23.2 Å². The van der Waals surface area contributed by atoms with Gasteiger partial charge in [0.2, 0.25) is 6.43 Å². The molecule has 3 aliphatic carbocycles. The Balaban J connectivity index is 1.74. The highest BCUT2D eigenvalue weighted by Gasteiger charge is 2.50. The number of hydrogen-bond acceptors (Lipinski definition) is 1. The number of halogens is 2. The first-order chi connectivity index (χ1) is 12.3. The molecule has 5 atom stereocenters. The Morgan fingerprint density at radius 2 is 2.00 bits per heavy atom. The zero-order valence-corrected chi connectivity index (χ0v) is 16.3. The minimum atomic E-state index is -2.19. The summed E-state index contributed by atoms with van der Waals surface area (Å²) in [5, 5.41) is 10.0. The standard InChI is InChI=1S/C23H34F2O/c1-15-6-7-17(14-21(15)26)8-9-18-5-4-12-23(3)19(10-11-20(18)23)16(2)13-22(24)25/h8-9,16,19-22,26H,1,4-7,10-14H2,2-3H3/b17-8-,18-9+/t16-,19?,20?,21+,23+/m0/s1. The molecule has 3 heteroatoms. The van der Waals surface area contributed by atoms with Gasteiger partial charge in [0.25, 0.3) is 0 Å². The van der Waals surface area contributed by atoms with Crippen LogP contribution in [-0.4, -0.2) is 17.6 Å². The Bertz CT molecular complexity index is 591. The number of rotatable bonds is 4. The van der Waals surface area contributed by atoms with Gasteiger partial charge in [0.1, 0.15) is 0 Å². The summed E-state index contributed by atoms with van der Waals surface area (Å²) in [6.07, 6.45) is 10.3. The molecule has 3 aliphatic rings. The third-order valence-electron chi connectivity index (χ3n) is 7.50. The minimum Gasteiger partial charge on any atom is -0.388 e. The molecule has 2 unspecified atom stereocenters. The maximum atomic E-state index is 12.9. The molecule has 3 fully saturated rings. The van der Waals surface area contributed by atoms with Gasteiger partial charge >= 0.3 is 0 Å². The van der Waals surface area contributed by atoms with Gasteiger partial charge < -0.3 is 5.11 Å². The monoisotopic (exact) mass is 364 g/mol. The number of aliphatic hydroxyl groups is 1. The maximum absolute atomic E-state index is 12.9. The Morgan fingerprint density at radius 1 is 1.23 bits per heavy atom. The van der Waals surface area contributed by atoms with Crippen LogP contribution in [0, 0.1) is 23.2 Å². The van der Waals surface area contributed by atoms with Crippen LogP contribution in [0.25, 0.3) is 0 Å². The molecule has 0 saturated heterocycles. The smallest absolute Gasteiger partial charge is 0.238 e. The lowest BCUT2D eigenvalue weighted by atomic mass is 9.61. The van der Waals surface area contributed by atoms with Crippen LogP contribution < -0.4 is 0 Å². The van der Waals surface area contributed by atoms with E-state index in [2.05, 4.69) is 25.7 Å². The lowest BCUT2D eigenvalue weighted by Crippen LogP contribution is -2.36. The summed E-state index contributed by atoms with van der Waals surface area (Å²) in [5.74, 6) is 1.06. The van der Waals surface area contributed by atoms with E-state index in [-0.39, 0.29) is 17.8 Å². The van der Waals surface area contributed by atoms with E-state index in [1.54, 1.807) is 0 Å². The van der Waals surface area contributed by atoms with Crippen molar-refractivity contribution < 1.29 is 13.9 Å². The van der Waals surface area contributed by atoms with Crippen molar-refractivity contribution >= 4 is 0 Å². The number of hydrogen-bond donors (Lipinski definition) is 1. The Morgan fingerprint density at radius 3 is 2.69 bits per heavy atom. The van der Waals surface area contributed by atoms with Crippen LogP contribution in [0.15, 0.2) is 35.5 Å². The van der Waals surface area contributed by atoms with Crippen LogP contribution >= 0.6 is 0 Å². The molecule has 0 amide bonds. The lowest BCUT2D eigenvalue weighted by molar-refractivity contribution is 0.0522. The van der Waals surface area contributed by atoms with Gasteiger partial charge in [-0.15, -0.1) is 0 Å². The van der Waals surface area contributed by atoms with Crippen LogP contribution in [0.1, 0.15) is 71.6 Å². The molecule has 0 aliphatic heterocycles. The normalized spacial score (nSPS) is 39.6. The maximum Gasteiger partial charge on any atom is 0.238 e. The molecule has 0 aromatic rings. The van der Waals surface area contributed by atoms with Crippen molar-refractivity contribution in [2.45, 2.75) is 84.2 Å². The van der Waals surface area contributed by atoms with E-state index >= 15 is 0 Å². The summed E-state index contributed by atoms with van der Waals surface area (Å²) in [6, 6.07) is 0. The van der Waals surface area contributed by atoms with Crippen LogP contribution in [0.3, 0.4) is 0 Å². The van der Waals surface area contributed by atoms with Crippen molar-refractivity contribution in [2.75, 3.05) is 0 Å². The van der Waals surface area contributed by atoms with Crippen molar-refractivity contribution in [3.8, 4) is 0 Å². The minimum absolute atomic E-state index is 0.0395. The van der Waals surface area contributed by atoms with E-state index in [0.29, 0.717) is 18.3 Å². The summed E-state index contributed by atoms with van der Waals surface area (Å²) >= 11 is 0. The van der Waals surface area contributed by atoms with Gasteiger partial charge in [0, 0.05) is 6.42 Å².